The molecule has 0 spiro atoms. The Bertz CT molecular complexity index is 8.00. The van der Waals surface area contributed by atoms with Crippen LogP contribution in [-0.4, -0.2) is 18.2 Å². The maximum absolute atomic E-state index is 5.01. The molecule has 0 aromatic carbocycles. The molecule has 26 valence electrons. The second-order valence-electron chi connectivity index (χ2n) is 0.192. The topological polar surface area (TPSA) is 0 Å². The second kappa shape index (κ2) is 2.96. The van der Waals surface area contributed by atoms with E-state index in [2.05, 4.69) is 0 Å². The zero-order valence-electron chi connectivity index (χ0n) is 1.58. The summed E-state index contributed by atoms with van der Waals surface area (Å²) < 4.78 is 0. The van der Waals surface area contributed by atoms with Crippen molar-refractivity contribution >= 4 is 43.7 Å². The number of halogens is 3. The fourth-order valence-electron chi connectivity index (χ4n) is 0. The Morgan fingerprint density at radius 2 is 1.00 bits per heavy atom. The van der Waals surface area contributed by atoms with Crippen LogP contribution in [0.2, 0.25) is 0 Å². The summed E-state index contributed by atoms with van der Waals surface area (Å²) in [6.45, 7) is 0. The molecule has 0 fully saturated rings. The molecular weight excluding hydrogens is 107 g/mol. The minimum atomic E-state index is -2.18. The van der Waals surface area contributed by atoms with Crippen LogP contribution >= 0.6 is 25.5 Å². The van der Waals surface area contributed by atoms with Crippen molar-refractivity contribution in [3.63, 3.8) is 0 Å². The van der Waals surface area contributed by atoms with E-state index in [0.29, 0.717) is 0 Å². The van der Waals surface area contributed by atoms with Gasteiger partial charge in [-0.15, -0.1) is 0 Å². The Labute approximate surface area is 43.4 Å². The average molecular weight is 107 g/mol. The minimum absolute atomic E-state index is 2.18. The number of hydrogen-bond donors (Lipinski definition) is 0. The van der Waals surface area contributed by atoms with E-state index in [0.717, 1.165) is 0 Å². The molecule has 0 saturated carbocycles. The summed E-state index contributed by atoms with van der Waals surface area (Å²) in [5.41, 5.74) is 0. The molecule has 0 heterocycles. The van der Waals surface area contributed by atoms with Crippen LogP contribution in [0.25, 0.3) is 0 Å². The molecule has 0 saturated heterocycles. The maximum atomic E-state index is 5.01. The second-order valence-corrected chi connectivity index (χ2v) is 15.1. The van der Waals surface area contributed by atoms with E-state index in [4.69, 9.17) is 25.5 Å². The van der Waals surface area contributed by atoms with Crippen LogP contribution in [-0.2, 0) is 0 Å². The molecule has 0 bridgehead atoms. The van der Waals surface area contributed by atoms with E-state index in [1.807, 2.05) is 0 Å². The average Bonchev–Trinajstić information content (AvgIpc) is 0.811. The molecule has 4 heteroatoms. The van der Waals surface area contributed by atoms with Crippen molar-refractivity contribution in [3.05, 3.63) is 0 Å². The summed E-state index contributed by atoms with van der Waals surface area (Å²) in [4.78, 5) is 0. The summed E-state index contributed by atoms with van der Waals surface area (Å²) in [6, 6.07) is 0. The third-order valence-corrected chi connectivity index (χ3v) is 0. The van der Waals surface area contributed by atoms with Gasteiger partial charge in [0.25, 0.3) is 0 Å². The summed E-state index contributed by atoms with van der Waals surface area (Å²) >= 11 is -2.18. The predicted molar refractivity (Wildman–Crippen MR) is 23.3 cm³/mol. The van der Waals surface area contributed by atoms with Gasteiger partial charge in [0, 0.05) is 0 Å². The van der Waals surface area contributed by atoms with Gasteiger partial charge in [-0.1, -0.05) is 0 Å². The van der Waals surface area contributed by atoms with Gasteiger partial charge in [0.15, 0.2) is 0 Å². The first-order valence-corrected chi connectivity index (χ1v) is 13.3. The van der Waals surface area contributed by atoms with Gasteiger partial charge in [-0.05, 0) is 0 Å². The fourth-order valence-corrected chi connectivity index (χ4v) is 0. The van der Waals surface area contributed by atoms with Crippen molar-refractivity contribution in [2.75, 3.05) is 0 Å². The molecule has 0 radical (unpaired) electrons. The third-order valence-electron chi connectivity index (χ3n) is 0. The van der Waals surface area contributed by atoms with Gasteiger partial charge < -0.3 is 0 Å². The molecule has 0 N–H and O–H groups in total. The molecule has 0 aliphatic heterocycles. The Hall–Kier alpha value is 1.75. The van der Waals surface area contributed by atoms with E-state index in [-0.39, 0.29) is 0 Å². The first-order chi connectivity index (χ1) is 1.73. The summed E-state index contributed by atoms with van der Waals surface area (Å²) in [7, 11) is 15.0. The van der Waals surface area contributed by atoms with Gasteiger partial charge in [0.1, 0.15) is 0 Å². The molecule has 0 nitrogen and oxygen atoms in total. The zero-order valence-corrected chi connectivity index (χ0v) is 7.33. The molecule has 0 aromatic rings. The molecule has 0 aromatic heterocycles. The number of rotatable bonds is 0. The van der Waals surface area contributed by atoms with Gasteiger partial charge in [-0.25, -0.2) is 0 Å². The van der Waals surface area contributed by atoms with Gasteiger partial charge >= 0.3 is 43.7 Å². The van der Waals surface area contributed by atoms with E-state index >= 15 is 0 Å². The van der Waals surface area contributed by atoms with Gasteiger partial charge in [0.2, 0.25) is 0 Å². The van der Waals surface area contributed by atoms with E-state index < -0.39 is 18.2 Å². The summed E-state index contributed by atoms with van der Waals surface area (Å²) in [5, 5.41) is 0. The Morgan fingerprint density at radius 3 is 1.00 bits per heavy atom. The van der Waals surface area contributed by atoms with Crippen LogP contribution in [0, 0.1) is 0 Å². The van der Waals surface area contributed by atoms with Crippen LogP contribution in [0.4, 0.5) is 0 Å². The summed E-state index contributed by atoms with van der Waals surface area (Å²) in [6.07, 6.45) is 0. The van der Waals surface area contributed by atoms with Gasteiger partial charge in [-0.3, -0.25) is 0 Å². The van der Waals surface area contributed by atoms with Crippen LogP contribution < -0.4 is 0 Å². The quantitative estimate of drug-likeness (QED) is 0.413. The molecular formula is BiCl3. The van der Waals surface area contributed by atoms with Crippen LogP contribution in [0.5, 0.6) is 0 Å². The molecule has 0 atom stereocenters. The SMILES string of the molecule is [Cl][1Bi]([Cl])[Cl]. The van der Waals surface area contributed by atoms with Gasteiger partial charge in [-0.2, -0.15) is 0 Å². The van der Waals surface area contributed by atoms with E-state index in [1.54, 1.807) is 0 Å². The van der Waals surface area contributed by atoms with E-state index in [1.165, 1.54) is 0 Å². The fraction of sp³-hybridized carbons (Fsp3) is 0. The Morgan fingerprint density at radius 1 is 1.00 bits per heavy atom. The van der Waals surface area contributed by atoms with Crippen LogP contribution in [0.3, 0.4) is 0 Å². The predicted octanol–water partition coefficient (Wildman–Crippen LogP) is 1.69. The van der Waals surface area contributed by atoms with Crippen LogP contribution in [0.15, 0.2) is 0 Å². The molecule has 0 aliphatic rings. The first kappa shape index (κ1) is 5.75. The molecule has 0 rings (SSSR count). The Kier molecular flexibility index (Phi) is 4.26. The van der Waals surface area contributed by atoms with Crippen molar-refractivity contribution < 1.29 is 0 Å². The normalized spacial score (nSPS) is 9.00. The van der Waals surface area contributed by atoms with Crippen LogP contribution in [0.1, 0.15) is 0 Å². The van der Waals surface area contributed by atoms with Gasteiger partial charge in [0.05, 0.1) is 0 Å². The van der Waals surface area contributed by atoms with Crippen molar-refractivity contribution in [1.29, 1.82) is 0 Å². The van der Waals surface area contributed by atoms with Crippen molar-refractivity contribution in [3.8, 4) is 0 Å². The first-order valence-electron chi connectivity index (χ1n) is 0.507. The van der Waals surface area contributed by atoms with Crippen molar-refractivity contribution in [1.82, 2.24) is 0 Å². The van der Waals surface area contributed by atoms with Crippen molar-refractivity contribution in [2.45, 2.75) is 0 Å². The Balaban J connectivity index is 2.32. The zero-order chi connectivity index (χ0) is 3.58. The standard InChI is InChI=1S/Bi.3ClH/h;3*1H/q+3;;;/p-3/i1+111;;;. The molecule has 0 unspecified atom stereocenters. The van der Waals surface area contributed by atoms with Crippen molar-refractivity contribution in [2.24, 2.45) is 0 Å². The number of hydrogen-bond acceptors (Lipinski definition) is 0. The molecule has 0 amide bonds. The monoisotopic (exact) mass is 106 g/mol. The molecule has 4 heavy (non-hydrogen) atoms. The molecule has 0 aliphatic carbocycles. The third kappa shape index (κ3) is 9.26. The van der Waals surface area contributed by atoms with E-state index in [9.17, 15) is 0 Å². The summed E-state index contributed by atoms with van der Waals surface area (Å²) in [5.74, 6) is 0.